The number of hydrogen-bond donors (Lipinski definition) is 1. The molecule has 0 fully saturated rings. The van der Waals surface area contributed by atoms with E-state index >= 15 is 0 Å². The summed E-state index contributed by atoms with van der Waals surface area (Å²) in [6.45, 7) is 3.27. The molecule has 18 heavy (non-hydrogen) atoms. The summed E-state index contributed by atoms with van der Waals surface area (Å²) in [5.41, 5.74) is 1.11. The summed E-state index contributed by atoms with van der Waals surface area (Å²) in [4.78, 5) is 8.13. The van der Waals surface area contributed by atoms with Crippen LogP contribution >= 0.6 is 11.6 Å². The fourth-order valence-electron chi connectivity index (χ4n) is 1.50. The molecule has 5 heteroatoms. The molecule has 0 radical (unpaired) electrons. The highest BCUT2D eigenvalue weighted by atomic mass is 35.5. The van der Waals surface area contributed by atoms with Gasteiger partial charge in [-0.25, -0.2) is 9.97 Å². The van der Waals surface area contributed by atoms with Gasteiger partial charge in [0.05, 0.1) is 24.0 Å². The fraction of sp³-hybridized carbons (Fsp3) is 0.231. The Kier molecular flexibility index (Phi) is 4.36. The molecule has 0 bridgehead atoms. The molecular weight excluding hydrogens is 250 g/mol. The summed E-state index contributed by atoms with van der Waals surface area (Å²) in [6, 6.07) is 7.91. The Balaban J connectivity index is 1.97. The lowest BCUT2D eigenvalue weighted by atomic mass is 10.2. The van der Waals surface area contributed by atoms with Crippen molar-refractivity contribution in [2.24, 2.45) is 0 Å². The van der Waals surface area contributed by atoms with Crippen LogP contribution in [0.25, 0.3) is 0 Å². The molecule has 1 N–H and O–H groups in total. The number of halogens is 1. The Bertz CT molecular complexity index is 502. The van der Waals surface area contributed by atoms with Gasteiger partial charge in [-0.05, 0) is 24.6 Å². The maximum Gasteiger partial charge on any atom is 0.222 e. The molecule has 0 amide bonds. The third kappa shape index (κ3) is 3.60. The van der Waals surface area contributed by atoms with Crippen molar-refractivity contribution in [1.29, 1.82) is 0 Å². The molecule has 0 atom stereocenters. The Labute approximate surface area is 111 Å². The van der Waals surface area contributed by atoms with Gasteiger partial charge < -0.3 is 10.1 Å². The highest BCUT2D eigenvalue weighted by molar-refractivity contribution is 6.30. The smallest absolute Gasteiger partial charge is 0.222 e. The van der Waals surface area contributed by atoms with E-state index in [9.17, 15) is 0 Å². The first-order chi connectivity index (χ1) is 8.78. The van der Waals surface area contributed by atoms with Crippen LogP contribution in [0.2, 0.25) is 5.02 Å². The predicted octanol–water partition coefficient (Wildman–Crippen LogP) is 3.14. The highest BCUT2D eigenvalue weighted by Gasteiger charge is 1.99. The van der Waals surface area contributed by atoms with Gasteiger partial charge in [0.1, 0.15) is 5.75 Å². The van der Waals surface area contributed by atoms with Gasteiger partial charge in [-0.3, -0.25) is 0 Å². The van der Waals surface area contributed by atoms with Gasteiger partial charge in [-0.15, -0.1) is 0 Å². The molecule has 1 heterocycles. The maximum absolute atomic E-state index is 5.72. The fourth-order valence-corrected chi connectivity index (χ4v) is 1.59. The van der Waals surface area contributed by atoms with Gasteiger partial charge >= 0.3 is 0 Å². The monoisotopic (exact) mass is 263 g/mol. The predicted molar refractivity (Wildman–Crippen MR) is 72.0 cm³/mol. The Morgan fingerprint density at radius 1 is 1.28 bits per heavy atom. The van der Waals surface area contributed by atoms with Crippen LogP contribution < -0.4 is 10.1 Å². The number of nitrogens with one attached hydrogen (secondary N) is 1. The zero-order valence-electron chi connectivity index (χ0n) is 10.1. The summed E-state index contributed by atoms with van der Waals surface area (Å²) in [5.74, 6) is 1.43. The van der Waals surface area contributed by atoms with E-state index in [1.807, 2.05) is 31.2 Å². The molecule has 0 aliphatic heterocycles. The third-order valence-electron chi connectivity index (χ3n) is 2.28. The van der Waals surface area contributed by atoms with Crippen molar-refractivity contribution in [2.45, 2.75) is 13.5 Å². The zero-order valence-corrected chi connectivity index (χ0v) is 10.8. The lowest BCUT2D eigenvalue weighted by Crippen LogP contribution is -2.03. The molecule has 0 saturated carbocycles. The quantitative estimate of drug-likeness (QED) is 0.900. The standard InChI is InChI=1S/C13H14ClN3O/c1-2-18-12-5-3-4-10(6-12)7-15-13-16-8-11(14)9-17-13/h3-6,8-9H,2,7H2,1H3,(H,15,16,17). The number of ether oxygens (including phenoxy) is 1. The maximum atomic E-state index is 5.72. The molecule has 2 aromatic rings. The molecule has 1 aromatic carbocycles. The molecule has 2 rings (SSSR count). The average Bonchev–Trinajstić information content (AvgIpc) is 2.39. The second kappa shape index (κ2) is 6.21. The van der Waals surface area contributed by atoms with E-state index in [1.165, 1.54) is 0 Å². The second-order valence-electron chi connectivity index (χ2n) is 3.66. The van der Waals surface area contributed by atoms with Crippen molar-refractivity contribution in [3.63, 3.8) is 0 Å². The van der Waals surface area contributed by atoms with Crippen LogP contribution in [0.3, 0.4) is 0 Å². The number of rotatable bonds is 5. The number of aromatic nitrogens is 2. The van der Waals surface area contributed by atoms with E-state index in [2.05, 4.69) is 15.3 Å². The Hall–Kier alpha value is -1.81. The van der Waals surface area contributed by atoms with Crippen molar-refractivity contribution in [1.82, 2.24) is 9.97 Å². The van der Waals surface area contributed by atoms with E-state index < -0.39 is 0 Å². The second-order valence-corrected chi connectivity index (χ2v) is 4.10. The molecule has 94 valence electrons. The lowest BCUT2D eigenvalue weighted by molar-refractivity contribution is 0.340. The number of hydrogen-bond acceptors (Lipinski definition) is 4. The molecule has 4 nitrogen and oxygen atoms in total. The van der Waals surface area contributed by atoms with Crippen LogP contribution in [0, 0.1) is 0 Å². The first-order valence-electron chi connectivity index (χ1n) is 5.71. The van der Waals surface area contributed by atoms with Crippen molar-refractivity contribution < 1.29 is 4.74 Å². The molecule has 0 saturated heterocycles. The number of nitrogens with zero attached hydrogens (tertiary/aromatic N) is 2. The van der Waals surface area contributed by atoms with Gasteiger partial charge in [0.15, 0.2) is 0 Å². The molecule has 0 aliphatic rings. The van der Waals surface area contributed by atoms with Crippen molar-refractivity contribution in [3.05, 3.63) is 47.2 Å². The van der Waals surface area contributed by atoms with Gasteiger partial charge in [0.2, 0.25) is 5.95 Å². The van der Waals surface area contributed by atoms with Crippen LogP contribution in [-0.2, 0) is 6.54 Å². The number of anilines is 1. The van der Waals surface area contributed by atoms with Crippen molar-refractivity contribution in [2.75, 3.05) is 11.9 Å². The SMILES string of the molecule is CCOc1cccc(CNc2ncc(Cl)cn2)c1. The van der Waals surface area contributed by atoms with E-state index in [1.54, 1.807) is 12.4 Å². The minimum Gasteiger partial charge on any atom is -0.494 e. The van der Waals surface area contributed by atoms with Crippen LogP contribution in [0.15, 0.2) is 36.7 Å². The summed E-state index contributed by atoms with van der Waals surface area (Å²) >= 11 is 5.72. The first kappa shape index (κ1) is 12.6. The normalized spacial score (nSPS) is 10.1. The Morgan fingerprint density at radius 3 is 2.78 bits per heavy atom. The summed E-state index contributed by atoms with van der Waals surface area (Å²) < 4.78 is 5.44. The minimum absolute atomic E-state index is 0.527. The van der Waals surface area contributed by atoms with E-state index in [4.69, 9.17) is 16.3 Å². The summed E-state index contributed by atoms with van der Waals surface area (Å²) in [5, 5.41) is 3.65. The topological polar surface area (TPSA) is 47.0 Å². The lowest BCUT2D eigenvalue weighted by Gasteiger charge is -2.07. The van der Waals surface area contributed by atoms with Crippen LogP contribution in [0.4, 0.5) is 5.95 Å². The van der Waals surface area contributed by atoms with Gasteiger partial charge in [0, 0.05) is 6.54 Å². The molecular formula is C13H14ClN3O. The summed E-state index contributed by atoms with van der Waals surface area (Å²) in [7, 11) is 0. The minimum atomic E-state index is 0.527. The largest absolute Gasteiger partial charge is 0.494 e. The van der Waals surface area contributed by atoms with Crippen LogP contribution in [-0.4, -0.2) is 16.6 Å². The van der Waals surface area contributed by atoms with E-state index in [0.29, 0.717) is 24.1 Å². The first-order valence-corrected chi connectivity index (χ1v) is 6.09. The van der Waals surface area contributed by atoms with Crippen LogP contribution in [0.1, 0.15) is 12.5 Å². The van der Waals surface area contributed by atoms with Gasteiger partial charge in [0.25, 0.3) is 0 Å². The van der Waals surface area contributed by atoms with Gasteiger partial charge in [-0.1, -0.05) is 23.7 Å². The molecule has 1 aromatic heterocycles. The third-order valence-corrected chi connectivity index (χ3v) is 2.48. The summed E-state index contributed by atoms with van der Waals surface area (Å²) in [6.07, 6.45) is 3.13. The van der Waals surface area contributed by atoms with Crippen molar-refractivity contribution >= 4 is 17.5 Å². The zero-order chi connectivity index (χ0) is 12.8. The highest BCUT2D eigenvalue weighted by Crippen LogP contribution is 2.14. The molecule has 0 aliphatic carbocycles. The molecule has 0 spiro atoms. The van der Waals surface area contributed by atoms with E-state index in [0.717, 1.165) is 11.3 Å². The van der Waals surface area contributed by atoms with E-state index in [-0.39, 0.29) is 0 Å². The van der Waals surface area contributed by atoms with Crippen LogP contribution in [0.5, 0.6) is 5.75 Å². The average molecular weight is 264 g/mol. The number of benzene rings is 1. The van der Waals surface area contributed by atoms with Gasteiger partial charge in [-0.2, -0.15) is 0 Å². The van der Waals surface area contributed by atoms with Crippen molar-refractivity contribution in [3.8, 4) is 5.75 Å². The molecule has 0 unspecified atom stereocenters. The Morgan fingerprint density at radius 2 is 2.06 bits per heavy atom.